The Morgan fingerprint density at radius 2 is 2.25 bits per heavy atom. The molecule has 0 spiro atoms. The van der Waals surface area contributed by atoms with Gasteiger partial charge in [-0.15, -0.1) is 11.3 Å². The summed E-state index contributed by atoms with van der Waals surface area (Å²) in [7, 11) is 0. The first-order valence-electron chi connectivity index (χ1n) is 5.15. The fourth-order valence-electron chi connectivity index (χ4n) is 1.78. The first-order chi connectivity index (χ1) is 7.72. The van der Waals surface area contributed by atoms with E-state index in [1.54, 1.807) is 17.5 Å². The van der Waals surface area contributed by atoms with Crippen LogP contribution in [0.1, 0.15) is 27.7 Å². The predicted octanol–water partition coefficient (Wildman–Crippen LogP) is 2.31. The van der Waals surface area contributed by atoms with Gasteiger partial charge in [0.15, 0.2) is 0 Å². The molecule has 0 fully saturated rings. The molecule has 0 saturated carbocycles. The van der Waals surface area contributed by atoms with Crippen LogP contribution in [-0.2, 0) is 0 Å². The third-order valence-corrected chi connectivity index (χ3v) is 3.49. The first-order valence-corrected chi connectivity index (χ1v) is 6.03. The van der Waals surface area contributed by atoms with Gasteiger partial charge in [-0.25, -0.2) is 5.43 Å². The minimum absolute atomic E-state index is 0.0265. The molecule has 0 aliphatic rings. The molecular weight excluding hydrogens is 218 g/mol. The van der Waals surface area contributed by atoms with Crippen LogP contribution in [0.2, 0.25) is 0 Å². The van der Waals surface area contributed by atoms with E-state index in [9.17, 15) is 0 Å². The fourth-order valence-corrected chi connectivity index (χ4v) is 2.51. The molecule has 0 aromatic carbocycles. The number of thiophene rings is 1. The highest BCUT2D eigenvalue weighted by atomic mass is 32.1. The number of nitrogens with zero attached hydrogens (tertiary/aromatic N) is 1. The summed E-state index contributed by atoms with van der Waals surface area (Å²) in [6.07, 6.45) is 1.80. The van der Waals surface area contributed by atoms with E-state index in [-0.39, 0.29) is 6.04 Å². The molecular formula is C12H15N3S. The molecule has 2 heterocycles. The summed E-state index contributed by atoms with van der Waals surface area (Å²) in [5, 5.41) is 2.13. The molecule has 0 radical (unpaired) electrons. The lowest BCUT2D eigenvalue weighted by molar-refractivity contribution is 0.632. The van der Waals surface area contributed by atoms with Crippen molar-refractivity contribution in [2.24, 2.45) is 5.84 Å². The lowest BCUT2D eigenvalue weighted by atomic mass is 10.0. The zero-order valence-corrected chi connectivity index (χ0v) is 10.2. The average molecular weight is 233 g/mol. The SMILES string of the molecule is Cc1cc(C(NN)c2cccnc2C)cs1. The number of aryl methyl sites for hydroxylation is 2. The molecule has 0 aliphatic carbocycles. The van der Waals surface area contributed by atoms with Crippen molar-refractivity contribution >= 4 is 11.3 Å². The Bertz CT molecular complexity index is 479. The van der Waals surface area contributed by atoms with Crippen LogP contribution < -0.4 is 11.3 Å². The Hall–Kier alpha value is -1.23. The van der Waals surface area contributed by atoms with Crippen molar-refractivity contribution in [2.75, 3.05) is 0 Å². The smallest absolute Gasteiger partial charge is 0.0735 e. The van der Waals surface area contributed by atoms with Crippen LogP contribution in [0.5, 0.6) is 0 Å². The molecule has 1 unspecified atom stereocenters. The summed E-state index contributed by atoms with van der Waals surface area (Å²) in [5.41, 5.74) is 6.19. The minimum Gasteiger partial charge on any atom is -0.271 e. The lowest BCUT2D eigenvalue weighted by Gasteiger charge is -2.16. The van der Waals surface area contributed by atoms with Crippen molar-refractivity contribution < 1.29 is 0 Å². The molecule has 16 heavy (non-hydrogen) atoms. The molecule has 3 N–H and O–H groups in total. The van der Waals surface area contributed by atoms with Gasteiger partial charge in [-0.05, 0) is 42.5 Å². The average Bonchev–Trinajstić information content (AvgIpc) is 2.69. The number of nitrogens with two attached hydrogens (primary N) is 1. The number of hydrogen-bond donors (Lipinski definition) is 2. The Labute approximate surface area is 99.3 Å². The summed E-state index contributed by atoms with van der Waals surface area (Å²) in [6.45, 7) is 4.09. The van der Waals surface area contributed by atoms with Crippen molar-refractivity contribution in [1.29, 1.82) is 0 Å². The van der Waals surface area contributed by atoms with Crippen LogP contribution >= 0.6 is 11.3 Å². The molecule has 2 aromatic rings. The highest BCUT2D eigenvalue weighted by molar-refractivity contribution is 7.10. The maximum atomic E-state index is 5.64. The van der Waals surface area contributed by atoms with Crippen LogP contribution in [0.3, 0.4) is 0 Å². The van der Waals surface area contributed by atoms with Gasteiger partial charge in [-0.2, -0.15) is 0 Å². The van der Waals surface area contributed by atoms with E-state index in [2.05, 4.69) is 34.8 Å². The molecule has 0 aliphatic heterocycles. The van der Waals surface area contributed by atoms with Crippen LogP contribution in [0.15, 0.2) is 29.8 Å². The van der Waals surface area contributed by atoms with Gasteiger partial charge in [0.2, 0.25) is 0 Å². The van der Waals surface area contributed by atoms with Crippen LogP contribution in [0, 0.1) is 13.8 Å². The van der Waals surface area contributed by atoms with Crippen molar-refractivity contribution in [3.8, 4) is 0 Å². The summed E-state index contributed by atoms with van der Waals surface area (Å²) in [5.74, 6) is 5.64. The monoisotopic (exact) mass is 233 g/mol. The summed E-state index contributed by atoms with van der Waals surface area (Å²) in [6, 6.07) is 6.17. The van der Waals surface area contributed by atoms with Gasteiger partial charge in [0.1, 0.15) is 0 Å². The fraction of sp³-hybridized carbons (Fsp3) is 0.250. The second kappa shape index (κ2) is 4.74. The van der Waals surface area contributed by atoms with Gasteiger partial charge >= 0.3 is 0 Å². The number of nitrogens with one attached hydrogen (secondary N) is 1. The molecule has 4 heteroatoms. The molecule has 84 valence electrons. The van der Waals surface area contributed by atoms with E-state index in [1.165, 1.54) is 10.4 Å². The highest BCUT2D eigenvalue weighted by Gasteiger charge is 2.15. The van der Waals surface area contributed by atoms with Crippen LogP contribution in [0.25, 0.3) is 0 Å². The number of pyridine rings is 1. The quantitative estimate of drug-likeness (QED) is 0.632. The molecule has 0 saturated heterocycles. The molecule has 2 aromatic heterocycles. The van der Waals surface area contributed by atoms with E-state index in [1.807, 2.05) is 13.0 Å². The van der Waals surface area contributed by atoms with Gasteiger partial charge in [-0.3, -0.25) is 10.8 Å². The number of rotatable bonds is 3. The summed E-state index contributed by atoms with van der Waals surface area (Å²) < 4.78 is 0. The zero-order chi connectivity index (χ0) is 11.5. The zero-order valence-electron chi connectivity index (χ0n) is 9.40. The molecule has 1 atom stereocenters. The lowest BCUT2D eigenvalue weighted by Crippen LogP contribution is -2.29. The molecule has 3 nitrogen and oxygen atoms in total. The van der Waals surface area contributed by atoms with Crippen LogP contribution in [-0.4, -0.2) is 4.98 Å². The Kier molecular flexibility index (Phi) is 3.33. The highest BCUT2D eigenvalue weighted by Crippen LogP contribution is 2.26. The minimum atomic E-state index is 0.0265. The van der Waals surface area contributed by atoms with E-state index in [4.69, 9.17) is 5.84 Å². The number of hydrazine groups is 1. The summed E-state index contributed by atoms with van der Waals surface area (Å²) >= 11 is 1.73. The third-order valence-electron chi connectivity index (χ3n) is 2.61. The molecule has 2 rings (SSSR count). The number of aromatic nitrogens is 1. The predicted molar refractivity (Wildman–Crippen MR) is 67.2 cm³/mol. The van der Waals surface area contributed by atoms with Gasteiger partial charge in [0.25, 0.3) is 0 Å². The maximum Gasteiger partial charge on any atom is 0.0735 e. The van der Waals surface area contributed by atoms with Crippen molar-refractivity contribution in [2.45, 2.75) is 19.9 Å². The summed E-state index contributed by atoms with van der Waals surface area (Å²) in [4.78, 5) is 5.58. The van der Waals surface area contributed by atoms with Gasteiger partial charge in [-0.1, -0.05) is 6.07 Å². The third kappa shape index (κ3) is 2.14. The van der Waals surface area contributed by atoms with E-state index in [0.29, 0.717) is 0 Å². The van der Waals surface area contributed by atoms with Crippen molar-refractivity contribution in [3.05, 3.63) is 51.5 Å². The second-order valence-electron chi connectivity index (χ2n) is 3.77. The normalized spacial score (nSPS) is 12.7. The Morgan fingerprint density at radius 3 is 2.81 bits per heavy atom. The van der Waals surface area contributed by atoms with Gasteiger partial charge in [0.05, 0.1) is 6.04 Å². The maximum absolute atomic E-state index is 5.64. The Balaban J connectivity index is 2.40. The molecule has 0 bridgehead atoms. The number of hydrogen-bond acceptors (Lipinski definition) is 4. The van der Waals surface area contributed by atoms with Crippen molar-refractivity contribution in [3.63, 3.8) is 0 Å². The largest absolute Gasteiger partial charge is 0.271 e. The van der Waals surface area contributed by atoms with Crippen molar-refractivity contribution in [1.82, 2.24) is 10.4 Å². The van der Waals surface area contributed by atoms with E-state index < -0.39 is 0 Å². The first kappa shape index (κ1) is 11.3. The second-order valence-corrected chi connectivity index (χ2v) is 4.88. The van der Waals surface area contributed by atoms with Gasteiger partial charge < -0.3 is 0 Å². The van der Waals surface area contributed by atoms with E-state index >= 15 is 0 Å². The molecule has 0 amide bonds. The standard InChI is InChI=1S/C12H15N3S/c1-8-6-10(7-16-8)12(15-13)11-4-3-5-14-9(11)2/h3-7,12,15H,13H2,1-2H3. The van der Waals surface area contributed by atoms with Crippen LogP contribution in [0.4, 0.5) is 0 Å². The topological polar surface area (TPSA) is 50.9 Å². The Morgan fingerprint density at radius 1 is 1.44 bits per heavy atom. The van der Waals surface area contributed by atoms with E-state index in [0.717, 1.165) is 11.3 Å². The van der Waals surface area contributed by atoms with Gasteiger partial charge in [0, 0.05) is 16.8 Å².